The molecule has 2 N–H and O–H groups in total. The van der Waals surface area contributed by atoms with E-state index < -0.39 is 5.97 Å². The van der Waals surface area contributed by atoms with Gasteiger partial charge in [-0.05, 0) is 25.2 Å². The van der Waals surface area contributed by atoms with Crippen LogP contribution in [0.2, 0.25) is 0 Å². The zero-order valence-corrected chi connectivity index (χ0v) is 12.0. The molecule has 110 valence electrons. The predicted octanol–water partition coefficient (Wildman–Crippen LogP) is 2.46. The van der Waals surface area contributed by atoms with Crippen LogP contribution < -0.4 is 5.32 Å². The lowest BCUT2D eigenvalue weighted by atomic mass is 9.94. The molecular weight excluding hydrogens is 244 g/mol. The molecule has 1 unspecified atom stereocenters. The quantitative estimate of drug-likeness (QED) is 0.746. The first-order chi connectivity index (χ1) is 9.04. The van der Waals surface area contributed by atoms with Crippen LogP contribution in [0.25, 0.3) is 0 Å². The van der Waals surface area contributed by atoms with Gasteiger partial charge >= 0.3 is 12.0 Å². The van der Waals surface area contributed by atoms with Crippen molar-refractivity contribution >= 4 is 12.0 Å². The van der Waals surface area contributed by atoms with Crippen molar-refractivity contribution in [2.45, 2.75) is 57.9 Å². The Labute approximate surface area is 115 Å². The minimum absolute atomic E-state index is 0.00814. The van der Waals surface area contributed by atoms with E-state index in [0.29, 0.717) is 5.92 Å². The first-order valence-corrected chi connectivity index (χ1v) is 7.28. The molecule has 0 heterocycles. The highest BCUT2D eigenvalue weighted by atomic mass is 16.4. The van der Waals surface area contributed by atoms with Crippen LogP contribution in [0, 0.1) is 5.92 Å². The zero-order valence-electron chi connectivity index (χ0n) is 12.0. The molecule has 1 aliphatic rings. The Hall–Kier alpha value is -1.26. The monoisotopic (exact) mass is 270 g/mol. The summed E-state index contributed by atoms with van der Waals surface area (Å²) in [6.45, 7) is 2.38. The molecule has 0 aromatic carbocycles. The summed E-state index contributed by atoms with van der Waals surface area (Å²) in [7, 11) is 1.65. The molecule has 5 nitrogen and oxygen atoms in total. The summed E-state index contributed by atoms with van der Waals surface area (Å²) in [5, 5.41) is 11.7. The molecule has 1 atom stereocenters. The van der Waals surface area contributed by atoms with Gasteiger partial charge in [0.15, 0.2) is 0 Å². The van der Waals surface area contributed by atoms with E-state index in [1.807, 2.05) is 0 Å². The Morgan fingerprint density at radius 2 is 2.00 bits per heavy atom. The number of aliphatic carboxylic acids is 1. The van der Waals surface area contributed by atoms with E-state index in [1.54, 1.807) is 7.05 Å². The molecule has 1 rings (SSSR count). The number of amides is 2. The number of hydrogen-bond acceptors (Lipinski definition) is 2. The van der Waals surface area contributed by atoms with E-state index in [-0.39, 0.29) is 25.0 Å². The summed E-state index contributed by atoms with van der Waals surface area (Å²) in [5.41, 5.74) is 0. The van der Waals surface area contributed by atoms with Crippen LogP contribution in [0.5, 0.6) is 0 Å². The van der Waals surface area contributed by atoms with Gasteiger partial charge in [0.1, 0.15) is 0 Å². The van der Waals surface area contributed by atoms with Crippen molar-refractivity contribution in [1.29, 1.82) is 0 Å². The summed E-state index contributed by atoms with van der Waals surface area (Å²) in [4.78, 5) is 24.0. The van der Waals surface area contributed by atoms with Crippen molar-refractivity contribution in [3.05, 3.63) is 0 Å². The maximum atomic E-state index is 12.0. The van der Waals surface area contributed by atoms with Gasteiger partial charge in [-0.3, -0.25) is 4.79 Å². The molecule has 0 spiro atoms. The number of nitrogens with zero attached hydrogens (tertiary/aromatic N) is 1. The van der Waals surface area contributed by atoms with Gasteiger partial charge in [-0.25, -0.2) is 4.79 Å². The van der Waals surface area contributed by atoms with Crippen molar-refractivity contribution in [3.8, 4) is 0 Å². The summed E-state index contributed by atoms with van der Waals surface area (Å²) in [6.07, 6.45) is 6.97. The zero-order chi connectivity index (χ0) is 14.3. The molecule has 0 aromatic rings. The van der Waals surface area contributed by atoms with Crippen LogP contribution in [0.4, 0.5) is 4.79 Å². The summed E-state index contributed by atoms with van der Waals surface area (Å²) in [5.74, 6) is -0.280. The van der Waals surface area contributed by atoms with Crippen LogP contribution >= 0.6 is 0 Å². The van der Waals surface area contributed by atoms with E-state index in [2.05, 4.69) is 12.2 Å². The van der Waals surface area contributed by atoms with E-state index in [0.717, 1.165) is 12.8 Å². The van der Waals surface area contributed by atoms with Crippen LogP contribution in [-0.4, -0.2) is 41.6 Å². The number of carbonyl (C=O) groups is 2. The lowest BCUT2D eigenvalue weighted by Crippen LogP contribution is -2.46. The minimum Gasteiger partial charge on any atom is -0.481 e. The predicted molar refractivity (Wildman–Crippen MR) is 74.1 cm³/mol. The summed E-state index contributed by atoms with van der Waals surface area (Å²) < 4.78 is 0. The highest BCUT2D eigenvalue weighted by Gasteiger charge is 2.26. The van der Waals surface area contributed by atoms with Crippen molar-refractivity contribution < 1.29 is 14.7 Å². The Balaban J connectivity index is 2.43. The maximum Gasteiger partial charge on any atom is 0.317 e. The highest BCUT2D eigenvalue weighted by molar-refractivity contribution is 5.75. The van der Waals surface area contributed by atoms with E-state index in [9.17, 15) is 9.59 Å². The lowest BCUT2D eigenvalue weighted by Gasteiger charge is -2.27. The highest BCUT2D eigenvalue weighted by Crippen LogP contribution is 2.29. The third-order valence-corrected chi connectivity index (χ3v) is 3.89. The Kier molecular flexibility index (Phi) is 6.67. The van der Waals surface area contributed by atoms with Crippen LogP contribution in [0.1, 0.15) is 51.9 Å². The molecule has 0 saturated heterocycles. The third kappa shape index (κ3) is 5.49. The van der Waals surface area contributed by atoms with Gasteiger partial charge in [-0.15, -0.1) is 0 Å². The minimum atomic E-state index is -0.874. The molecular formula is C14H26N2O3. The first kappa shape index (κ1) is 15.8. The number of nitrogens with one attached hydrogen (secondary N) is 1. The van der Waals surface area contributed by atoms with E-state index in [1.165, 1.54) is 30.6 Å². The summed E-state index contributed by atoms with van der Waals surface area (Å²) in [6, 6.07) is 0.0962. The topological polar surface area (TPSA) is 69.6 Å². The van der Waals surface area contributed by atoms with Gasteiger partial charge in [-0.1, -0.05) is 26.2 Å². The fraction of sp³-hybridized carbons (Fsp3) is 0.857. The number of carboxylic acid groups (broad SMARTS) is 1. The molecule has 0 aromatic heterocycles. The number of carboxylic acids is 1. The van der Waals surface area contributed by atoms with Crippen molar-refractivity contribution in [3.63, 3.8) is 0 Å². The average molecular weight is 270 g/mol. The van der Waals surface area contributed by atoms with Crippen molar-refractivity contribution in [2.75, 3.05) is 13.6 Å². The van der Waals surface area contributed by atoms with Gasteiger partial charge in [0.2, 0.25) is 0 Å². The standard InChI is InChI=1S/C14H26N2O3/c1-3-6-12(11-7-4-5-8-11)15-14(19)16(2)10-9-13(17)18/h11-12H,3-10H2,1-2H3,(H,15,19)(H,17,18). The Morgan fingerprint density at radius 3 is 2.53 bits per heavy atom. The third-order valence-electron chi connectivity index (χ3n) is 3.89. The normalized spacial score (nSPS) is 17.2. The second-order valence-electron chi connectivity index (χ2n) is 5.45. The van der Waals surface area contributed by atoms with Gasteiger partial charge in [0.05, 0.1) is 6.42 Å². The molecule has 0 bridgehead atoms. The second kappa shape index (κ2) is 8.02. The number of hydrogen-bond donors (Lipinski definition) is 2. The maximum absolute atomic E-state index is 12.0. The molecule has 0 aliphatic heterocycles. The SMILES string of the molecule is CCCC(NC(=O)N(C)CCC(=O)O)C1CCCC1. The number of urea groups is 1. The lowest BCUT2D eigenvalue weighted by molar-refractivity contribution is -0.137. The van der Waals surface area contributed by atoms with Crippen LogP contribution in [0.3, 0.4) is 0 Å². The molecule has 19 heavy (non-hydrogen) atoms. The first-order valence-electron chi connectivity index (χ1n) is 7.28. The fourth-order valence-electron chi connectivity index (χ4n) is 2.73. The van der Waals surface area contributed by atoms with Crippen LogP contribution in [-0.2, 0) is 4.79 Å². The molecule has 1 fully saturated rings. The molecule has 0 radical (unpaired) electrons. The van der Waals surface area contributed by atoms with E-state index in [4.69, 9.17) is 5.11 Å². The van der Waals surface area contributed by atoms with Gasteiger partial charge in [0.25, 0.3) is 0 Å². The molecule has 1 saturated carbocycles. The molecule has 5 heteroatoms. The van der Waals surface area contributed by atoms with Crippen LogP contribution in [0.15, 0.2) is 0 Å². The number of rotatable bonds is 7. The largest absolute Gasteiger partial charge is 0.481 e. The second-order valence-corrected chi connectivity index (χ2v) is 5.45. The van der Waals surface area contributed by atoms with Gasteiger partial charge in [0, 0.05) is 19.6 Å². The van der Waals surface area contributed by atoms with Crippen molar-refractivity contribution in [1.82, 2.24) is 10.2 Å². The summed E-state index contributed by atoms with van der Waals surface area (Å²) >= 11 is 0. The average Bonchev–Trinajstić information content (AvgIpc) is 2.88. The van der Waals surface area contributed by atoms with E-state index >= 15 is 0 Å². The molecule has 1 aliphatic carbocycles. The fourth-order valence-corrected chi connectivity index (χ4v) is 2.73. The van der Waals surface area contributed by atoms with Gasteiger partial charge in [-0.2, -0.15) is 0 Å². The Bertz CT molecular complexity index is 301. The Morgan fingerprint density at radius 1 is 1.37 bits per heavy atom. The number of carbonyl (C=O) groups excluding carboxylic acids is 1. The molecule has 2 amide bonds. The van der Waals surface area contributed by atoms with Crippen molar-refractivity contribution in [2.24, 2.45) is 5.92 Å². The smallest absolute Gasteiger partial charge is 0.317 e. The van der Waals surface area contributed by atoms with Gasteiger partial charge < -0.3 is 15.3 Å².